The van der Waals surface area contributed by atoms with Crippen molar-refractivity contribution in [3.63, 3.8) is 0 Å². The van der Waals surface area contributed by atoms with Crippen molar-refractivity contribution < 1.29 is 39.0 Å². The number of nitrogens with one attached hydrogen (secondary N) is 2. The highest BCUT2D eigenvalue weighted by atomic mass is 16.6. The molecule has 1 amide bonds. The number of nitrogen functional groups attached to an aromatic ring is 1. The van der Waals surface area contributed by atoms with Crippen molar-refractivity contribution >= 4 is 35.5 Å². The number of likely N-dealkylation sites (N-methyl/N-ethyl adjacent to an activating group) is 2. The van der Waals surface area contributed by atoms with E-state index in [4.69, 9.17) is 20.3 Å². The van der Waals surface area contributed by atoms with Crippen LogP contribution in [0.1, 0.15) is 37.4 Å². The van der Waals surface area contributed by atoms with Gasteiger partial charge < -0.3 is 41.0 Å². The van der Waals surface area contributed by atoms with Crippen LogP contribution in [0.2, 0.25) is 0 Å². The first-order valence-corrected chi connectivity index (χ1v) is 14.9. The van der Waals surface area contributed by atoms with Crippen molar-refractivity contribution in [2.24, 2.45) is 0 Å². The fourth-order valence-electron chi connectivity index (χ4n) is 5.34. The maximum atomic E-state index is 12.3. The number of methoxy groups -OCH3 is 1. The van der Waals surface area contributed by atoms with Crippen LogP contribution in [0, 0.1) is 10.1 Å². The number of aromatic hydroxyl groups is 1. The summed E-state index contributed by atoms with van der Waals surface area (Å²) in [6, 6.07) is 21.5. The van der Waals surface area contributed by atoms with Gasteiger partial charge in [0.2, 0.25) is 5.91 Å². The first kappa shape index (κ1) is 37.6. The number of aldehydes is 2. The summed E-state index contributed by atoms with van der Waals surface area (Å²) in [6.07, 6.45) is 1.32. The standard InChI is InChI=1S/C27H29N3O5.C7H6N2O3.CH4O/c1-28-12-13-29-26(33)16-30(2)19-8-10-22-24(14-19)35-25-15-20(32)9-11-23(25)27(22,34-3)21-7-5-4-6-18(21)17-31;8-6-1-5(4-10)2-7(3-6)9(11)12;1-2/h4-11,14-15,17,28,32H,12-13,16H2,1-3H3,(H,29,33);1-4H,8H2;2H,1H3. The predicted molar refractivity (Wildman–Crippen MR) is 185 cm³/mol. The topological polar surface area (TPSA) is 207 Å². The molecule has 0 aliphatic carbocycles. The second-order valence-corrected chi connectivity index (χ2v) is 10.6. The highest BCUT2D eigenvalue weighted by molar-refractivity contribution is 5.82. The molecule has 49 heavy (non-hydrogen) atoms. The number of anilines is 2. The number of phenolic OH excluding ortho intramolecular Hbond substituents is 1. The Balaban J connectivity index is 0.000000390. The Morgan fingerprint density at radius 3 is 2.29 bits per heavy atom. The lowest BCUT2D eigenvalue weighted by molar-refractivity contribution is -0.384. The quantitative estimate of drug-likeness (QED) is 0.0509. The number of aliphatic hydroxyl groups is 1. The molecule has 1 atom stereocenters. The Bertz CT molecular complexity index is 1800. The molecule has 0 aromatic heterocycles. The lowest BCUT2D eigenvalue weighted by atomic mass is 9.76. The number of nitrogens with two attached hydrogens (primary N) is 1. The Labute approximate surface area is 283 Å². The summed E-state index contributed by atoms with van der Waals surface area (Å²) in [5, 5.41) is 33.3. The number of hydrogen-bond acceptors (Lipinski definition) is 12. The fraction of sp³-hybridized carbons (Fsp3) is 0.229. The Hall–Kier alpha value is -5.83. The number of nitro groups is 1. The number of aliphatic hydroxyl groups excluding tert-OH is 1. The van der Waals surface area contributed by atoms with Crippen LogP contribution in [0.25, 0.3) is 0 Å². The van der Waals surface area contributed by atoms with Gasteiger partial charge in [0.05, 0.1) is 11.5 Å². The molecule has 0 saturated carbocycles. The third-order valence-corrected chi connectivity index (χ3v) is 7.51. The number of amides is 1. The van der Waals surface area contributed by atoms with Crippen LogP contribution < -0.4 is 26.0 Å². The maximum Gasteiger partial charge on any atom is 0.272 e. The number of phenols is 1. The highest BCUT2D eigenvalue weighted by Crippen LogP contribution is 2.54. The number of carbonyl (C=O) groups excluding carboxylic acids is 3. The van der Waals surface area contributed by atoms with Gasteiger partial charge in [0.1, 0.15) is 29.8 Å². The number of nitro benzene ring substituents is 1. The van der Waals surface area contributed by atoms with Gasteiger partial charge in [-0.1, -0.05) is 24.3 Å². The second kappa shape index (κ2) is 17.4. The van der Waals surface area contributed by atoms with Crippen LogP contribution in [0.4, 0.5) is 17.1 Å². The molecule has 1 aliphatic rings. The van der Waals surface area contributed by atoms with Gasteiger partial charge >= 0.3 is 0 Å². The van der Waals surface area contributed by atoms with Gasteiger partial charge in [0.25, 0.3) is 5.69 Å². The van der Waals surface area contributed by atoms with Crippen LogP contribution in [0.15, 0.2) is 78.9 Å². The fourth-order valence-corrected chi connectivity index (χ4v) is 5.34. The molecule has 6 N–H and O–H groups in total. The Kier molecular flexibility index (Phi) is 13.3. The van der Waals surface area contributed by atoms with Gasteiger partial charge in [-0.15, -0.1) is 0 Å². The Morgan fingerprint density at radius 1 is 0.980 bits per heavy atom. The zero-order valence-corrected chi connectivity index (χ0v) is 27.5. The van der Waals surface area contributed by atoms with E-state index in [-0.39, 0.29) is 35.1 Å². The number of carbonyl (C=O) groups is 3. The average molecular weight is 674 g/mol. The SMILES string of the molecule is CNCCNC(=O)CN(C)c1ccc2c(c1)Oc1cc(O)ccc1C2(OC)c1ccccc1C=O.CO.Nc1cc(C=O)cc([N+](=O)[O-])c1. The summed E-state index contributed by atoms with van der Waals surface area (Å²) in [7, 11) is 6.24. The van der Waals surface area contributed by atoms with E-state index in [2.05, 4.69) is 10.6 Å². The Morgan fingerprint density at radius 2 is 1.65 bits per heavy atom. The van der Waals surface area contributed by atoms with Gasteiger partial charge in [-0.25, -0.2) is 0 Å². The van der Waals surface area contributed by atoms with Gasteiger partial charge in [-0.2, -0.15) is 0 Å². The van der Waals surface area contributed by atoms with E-state index in [9.17, 15) is 29.6 Å². The molecule has 4 aromatic carbocycles. The van der Waals surface area contributed by atoms with E-state index in [1.165, 1.54) is 24.3 Å². The molecular formula is C35H39N5O9. The van der Waals surface area contributed by atoms with Crippen LogP contribution in [0.3, 0.4) is 0 Å². The largest absolute Gasteiger partial charge is 0.508 e. The molecule has 0 radical (unpaired) electrons. The number of rotatable bonds is 11. The summed E-state index contributed by atoms with van der Waals surface area (Å²) in [6.45, 7) is 1.41. The molecular weight excluding hydrogens is 634 g/mol. The lowest BCUT2D eigenvalue weighted by Crippen LogP contribution is -2.38. The first-order chi connectivity index (χ1) is 23.6. The minimum Gasteiger partial charge on any atom is -0.508 e. The first-order valence-electron chi connectivity index (χ1n) is 14.9. The highest BCUT2D eigenvalue weighted by Gasteiger charge is 2.45. The van der Waals surface area contributed by atoms with Crippen LogP contribution >= 0.6 is 0 Å². The third-order valence-electron chi connectivity index (χ3n) is 7.51. The zero-order chi connectivity index (χ0) is 36.1. The molecule has 4 aromatic rings. The molecule has 0 bridgehead atoms. The van der Waals surface area contributed by atoms with Crippen molar-refractivity contribution in [1.29, 1.82) is 0 Å². The summed E-state index contributed by atoms with van der Waals surface area (Å²) >= 11 is 0. The summed E-state index contributed by atoms with van der Waals surface area (Å²) < 4.78 is 12.4. The van der Waals surface area contributed by atoms with Gasteiger partial charge in [0, 0.05) is 97.8 Å². The molecule has 1 unspecified atom stereocenters. The number of nitrogens with zero attached hydrogens (tertiary/aromatic N) is 2. The lowest BCUT2D eigenvalue weighted by Gasteiger charge is -2.40. The predicted octanol–water partition coefficient (Wildman–Crippen LogP) is 3.62. The normalized spacial score (nSPS) is 13.8. The van der Waals surface area contributed by atoms with E-state index >= 15 is 0 Å². The number of non-ortho nitro benzene ring substituents is 1. The monoisotopic (exact) mass is 673 g/mol. The van der Waals surface area contributed by atoms with Gasteiger partial charge in [-0.3, -0.25) is 24.5 Å². The molecule has 1 aliphatic heterocycles. The van der Waals surface area contributed by atoms with Crippen molar-refractivity contribution in [2.45, 2.75) is 5.60 Å². The van der Waals surface area contributed by atoms with Crippen LogP contribution in [-0.2, 0) is 15.1 Å². The van der Waals surface area contributed by atoms with Crippen molar-refractivity contribution in [2.75, 3.05) is 58.6 Å². The zero-order valence-electron chi connectivity index (χ0n) is 27.5. The molecule has 14 heteroatoms. The van der Waals surface area contributed by atoms with E-state index in [1.54, 1.807) is 31.4 Å². The number of fused-ring (bicyclic) bond motifs is 2. The molecule has 0 spiro atoms. The van der Waals surface area contributed by atoms with Crippen molar-refractivity contribution in [3.05, 3.63) is 117 Å². The van der Waals surface area contributed by atoms with Gasteiger partial charge in [0.15, 0.2) is 5.60 Å². The minimum atomic E-state index is -1.14. The number of hydrogen-bond donors (Lipinski definition) is 5. The second-order valence-electron chi connectivity index (χ2n) is 10.6. The average Bonchev–Trinajstić information content (AvgIpc) is 3.11. The minimum absolute atomic E-state index is 0.0485. The molecule has 5 rings (SSSR count). The van der Waals surface area contributed by atoms with Crippen LogP contribution in [0.5, 0.6) is 17.2 Å². The smallest absolute Gasteiger partial charge is 0.272 e. The maximum absolute atomic E-state index is 12.3. The summed E-state index contributed by atoms with van der Waals surface area (Å²) in [4.78, 5) is 46.0. The molecule has 0 fully saturated rings. The van der Waals surface area contributed by atoms with Gasteiger partial charge in [-0.05, 0) is 37.4 Å². The van der Waals surface area contributed by atoms with E-state index in [0.717, 1.165) is 19.1 Å². The number of benzene rings is 4. The summed E-state index contributed by atoms with van der Waals surface area (Å²) in [5.74, 6) is 0.880. The van der Waals surface area contributed by atoms with Crippen molar-refractivity contribution in [1.82, 2.24) is 10.6 Å². The van der Waals surface area contributed by atoms with Crippen LogP contribution in [-0.4, -0.2) is 81.6 Å². The van der Waals surface area contributed by atoms with Crippen molar-refractivity contribution in [3.8, 4) is 17.2 Å². The number of ether oxygens (including phenoxy) is 2. The molecule has 258 valence electrons. The van der Waals surface area contributed by atoms with E-state index in [1.807, 2.05) is 49.3 Å². The van der Waals surface area contributed by atoms with E-state index < -0.39 is 10.5 Å². The third kappa shape index (κ3) is 8.56. The summed E-state index contributed by atoms with van der Waals surface area (Å²) in [5.41, 5.74) is 7.72. The van der Waals surface area contributed by atoms with E-state index in [0.29, 0.717) is 53.1 Å². The molecule has 1 heterocycles. The molecule has 0 saturated heterocycles. The molecule has 14 nitrogen and oxygen atoms in total.